The highest BCUT2D eigenvalue weighted by atomic mass is 32.2. The fraction of sp³-hybridized carbons (Fsp3) is 0.333. The summed E-state index contributed by atoms with van der Waals surface area (Å²) in [6.45, 7) is 0.754. The SMILES string of the molecule is O=S(=O)(c1ccccc1)N1CCC[C@H]1c1nc(Cn2cncn2)no1. The highest BCUT2D eigenvalue weighted by Gasteiger charge is 2.39. The summed E-state index contributed by atoms with van der Waals surface area (Å²) in [4.78, 5) is 8.48. The molecule has 3 heterocycles. The molecule has 0 radical (unpaired) electrons. The first-order valence-corrected chi connectivity index (χ1v) is 9.30. The topological polar surface area (TPSA) is 107 Å². The first-order valence-electron chi connectivity index (χ1n) is 7.86. The van der Waals surface area contributed by atoms with Crippen LogP contribution in [0.15, 0.2) is 52.4 Å². The molecule has 0 N–H and O–H groups in total. The Balaban J connectivity index is 1.59. The van der Waals surface area contributed by atoms with Crippen LogP contribution in [0.2, 0.25) is 0 Å². The molecule has 0 aliphatic carbocycles. The van der Waals surface area contributed by atoms with Crippen molar-refractivity contribution in [2.75, 3.05) is 6.54 Å². The number of nitrogens with zero attached hydrogens (tertiary/aromatic N) is 6. The Kier molecular flexibility index (Phi) is 4.06. The zero-order chi connectivity index (χ0) is 17.3. The number of hydrogen-bond acceptors (Lipinski definition) is 7. The van der Waals surface area contributed by atoms with Crippen LogP contribution in [0.25, 0.3) is 0 Å². The average Bonchev–Trinajstić information content (AvgIpc) is 3.37. The van der Waals surface area contributed by atoms with Crippen LogP contribution in [0.4, 0.5) is 0 Å². The van der Waals surface area contributed by atoms with Crippen molar-refractivity contribution in [2.45, 2.75) is 30.3 Å². The third-order valence-corrected chi connectivity index (χ3v) is 6.01. The van der Waals surface area contributed by atoms with Gasteiger partial charge in [-0.15, -0.1) is 0 Å². The second-order valence-corrected chi connectivity index (χ2v) is 7.62. The summed E-state index contributed by atoms with van der Waals surface area (Å²) in [6, 6.07) is 7.95. The van der Waals surface area contributed by atoms with Crippen LogP contribution in [0.5, 0.6) is 0 Å². The quantitative estimate of drug-likeness (QED) is 0.673. The Morgan fingerprint density at radius 1 is 1.24 bits per heavy atom. The molecule has 1 saturated heterocycles. The molecule has 3 aromatic rings. The van der Waals surface area contributed by atoms with Crippen LogP contribution in [-0.4, -0.2) is 44.2 Å². The standard InChI is InChI=1S/C15H16N6O3S/c22-25(23,12-5-2-1-3-6-12)21-8-4-7-13(21)15-18-14(19-24-15)9-20-11-16-10-17-20/h1-3,5-6,10-11,13H,4,7-9H2/t13-/m0/s1. The molecule has 0 bridgehead atoms. The lowest BCUT2D eigenvalue weighted by molar-refractivity contribution is 0.289. The van der Waals surface area contributed by atoms with Gasteiger partial charge >= 0.3 is 0 Å². The van der Waals surface area contributed by atoms with E-state index in [1.54, 1.807) is 41.3 Å². The summed E-state index contributed by atoms with van der Waals surface area (Å²) in [5.41, 5.74) is 0. The monoisotopic (exact) mass is 360 g/mol. The first-order chi connectivity index (χ1) is 12.1. The van der Waals surface area contributed by atoms with Crippen LogP contribution >= 0.6 is 0 Å². The highest BCUT2D eigenvalue weighted by molar-refractivity contribution is 7.89. The molecule has 1 aliphatic rings. The molecule has 0 saturated carbocycles. The fourth-order valence-corrected chi connectivity index (χ4v) is 4.60. The van der Waals surface area contributed by atoms with Crippen molar-refractivity contribution in [3.05, 3.63) is 54.7 Å². The number of sulfonamides is 1. The van der Waals surface area contributed by atoms with Gasteiger partial charge in [-0.3, -0.25) is 0 Å². The Hall–Kier alpha value is -2.59. The largest absolute Gasteiger partial charge is 0.337 e. The minimum atomic E-state index is -3.60. The Morgan fingerprint density at radius 2 is 2.08 bits per heavy atom. The van der Waals surface area contributed by atoms with Crippen molar-refractivity contribution in [3.63, 3.8) is 0 Å². The van der Waals surface area contributed by atoms with E-state index in [0.29, 0.717) is 31.2 Å². The zero-order valence-corrected chi connectivity index (χ0v) is 14.1. The number of hydrogen-bond donors (Lipinski definition) is 0. The molecular weight excluding hydrogens is 344 g/mol. The molecule has 25 heavy (non-hydrogen) atoms. The van der Waals surface area contributed by atoms with E-state index in [4.69, 9.17) is 4.52 Å². The second-order valence-electron chi connectivity index (χ2n) is 5.73. The summed E-state index contributed by atoms with van der Waals surface area (Å²) in [6.07, 6.45) is 4.37. The van der Waals surface area contributed by atoms with Gasteiger partial charge in [0.2, 0.25) is 15.9 Å². The Labute approximate surface area is 144 Å². The summed E-state index contributed by atoms with van der Waals surface area (Å²) in [7, 11) is -3.60. The van der Waals surface area contributed by atoms with E-state index in [2.05, 4.69) is 20.2 Å². The van der Waals surface area contributed by atoms with E-state index >= 15 is 0 Å². The van der Waals surface area contributed by atoms with Crippen molar-refractivity contribution in [3.8, 4) is 0 Å². The van der Waals surface area contributed by atoms with E-state index in [-0.39, 0.29) is 4.90 Å². The summed E-state index contributed by atoms with van der Waals surface area (Å²) in [5, 5.41) is 7.92. The fourth-order valence-electron chi connectivity index (χ4n) is 2.93. The molecule has 0 spiro atoms. The van der Waals surface area contributed by atoms with E-state index < -0.39 is 16.1 Å². The van der Waals surface area contributed by atoms with Gasteiger partial charge in [0, 0.05) is 6.54 Å². The lowest BCUT2D eigenvalue weighted by Gasteiger charge is -2.21. The van der Waals surface area contributed by atoms with Gasteiger partial charge in [-0.05, 0) is 25.0 Å². The van der Waals surface area contributed by atoms with Crippen LogP contribution in [-0.2, 0) is 16.6 Å². The smallest absolute Gasteiger partial charge is 0.245 e. The van der Waals surface area contributed by atoms with Gasteiger partial charge in [0.15, 0.2) is 5.82 Å². The van der Waals surface area contributed by atoms with E-state index in [9.17, 15) is 8.42 Å². The molecule has 0 amide bonds. The summed E-state index contributed by atoms with van der Waals surface area (Å²) < 4.78 is 34.1. The first kappa shape index (κ1) is 15.9. The van der Waals surface area contributed by atoms with Crippen LogP contribution in [0, 0.1) is 0 Å². The van der Waals surface area contributed by atoms with Crippen LogP contribution in [0.3, 0.4) is 0 Å². The molecule has 2 aromatic heterocycles. The Morgan fingerprint density at radius 3 is 2.84 bits per heavy atom. The lowest BCUT2D eigenvalue weighted by Crippen LogP contribution is -2.30. The molecule has 0 unspecified atom stereocenters. The number of benzene rings is 1. The minimum absolute atomic E-state index is 0.268. The van der Waals surface area contributed by atoms with Gasteiger partial charge in [-0.25, -0.2) is 18.1 Å². The maximum atomic E-state index is 12.9. The molecule has 9 nitrogen and oxygen atoms in total. The van der Waals surface area contributed by atoms with Crippen molar-refractivity contribution in [2.24, 2.45) is 0 Å². The van der Waals surface area contributed by atoms with E-state index in [0.717, 1.165) is 6.42 Å². The number of rotatable bonds is 5. The molecule has 1 atom stereocenters. The van der Waals surface area contributed by atoms with Crippen molar-refractivity contribution in [1.29, 1.82) is 0 Å². The maximum Gasteiger partial charge on any atom is 0.245 e. The predicted molar refractivity (Wildman–Crippen MR) is 85.7 cm³/mol. The zero-order valence-electron chi connectivity index (χ0n) is 13.3. The van der Waals surface area contributed by atoms with Gasteiger partial charge in [-0.2, -0.15) is 14.4 Å². The van der Waals surface area contributed by atoms with Crippen LogP contribution in [0.1, 0.15) is 30.6 Å². The molecule has 1 aliphatic heterocycles. The predicted octanol–water partition coefficient (Wildman–Crippen LogP) is 1.24. The summed E-state index contributed by atoms with van der Waals surface area (Å²) in [5.74, 6) is 0.747. The van der Waals surface area contributed by atoms with Gasteiger partial charge in [0.1, 0.15) is 25.2 Å². The third kappa shape index (κ3) is 3.05. The maximum absolute atomic E-state index is 12.9. The lowest BCUT2D eigenvalue weighted by atomic mass is 10.2. The van der Waals surface area contributed by atoms with E-state index in [1.165, 1.54) is 10.6 Å². The van der Waals surface area contributed by atoms with Crippen molar-refractivity contribution >= 4 is 10.0 Å². The van der Waals surface area contributed by atoms with Crippen molar-refractivity contribution in [1.82, 2.24) is 29.2 Å². The van der Waals surface area contributed by atoms with Gasteiger partial charge in [0.05, 0.1) is 4.90 Å². The molecule has 10 heteroatoms. The minimum Gasteiger partial charge on any atom is -0.337 e. The molecule has 4 rings (SSSR count). The number of aromatic nitrogens is 5. The molecular formula is C15H16N6O3S. The van der Waals surface area contributed by atoms with E-state index in [1.807, 2.05) is 0 Å². The van der Waals surface area contributed by atoms with Gasteiger partial charge in [0.25, 0.3) is 0 Å². The second kappa shape index (κ2) is 6.37. The normalized spacial score (nSPS) is 18.6. The van der Waals surface area contributed by atoms with Crippen LogP contribution < -0.4 is 0 Å². The molecule has 130 valence electrons. The molecule has 1 aromatic carbocycles. The Bertz CT molecular complexity index is 939. The summed E-state index contributed by atoms with van der Waals surface area (Å²) >= 11 is 0. The highest BCUT2D eigenvalue weighted by Crippen LogP contribution is 2.35. The molecule has 1 fully saturated rings. The third-order valence-electron chi connectivity index (χ3n) is 4.09. The van der Waals surface area contributed by atoms with Crippen molar-refractivity contribution < 1.29 is 12.9 Å². The van der Waals surface area contributed by atoms with Gasteiger partial charge in [-0.1, -0.05) is 23.4 Å². The van der Waals surface area contributed by atoms with Gasteiger partial charge < -0.3 is 4.52 Å². The average molecular weight is 360 g/mol.